The van der Waals surface area contributed by atoms with Gasteiger partial charge >= 0.3 is 5.97 Å². The van der Waals surface area contributed by atoms with E-state index in [1.54, 1.807) is 0 Å². The smallest absolute Gasteiger partial charge is 0.296 e. The van der Waals surface area contributed by atoms with E-state index in [-0.39, 0.29) is 5.56 Å². The lowest BCUT2D eigenvalue weighted by Gasteiger charge is -1.94. The zero-order valence-corrected chi connectivity index (χ0v) is 5.45. The normalized spacial score (nSPS) is 9.27. The van der Waals surface area contributed by atoms with Crippen LogP contribution in [0.4, 0.5) is 4.39 Å². The number of halogens is 1. The second-order valence-electron chi connectivity index (χ2n) is 1.89. The molecule has 0 bridgehead atoms. The van der Waals surface area contributed by atoms with Crippen molar-refractivity contribution in [3.05, 3.63) is 35.6 Å². The Kier molecular flexibility index (Phi) is 2.18. The molecule has 4 heteroatoms. The van der Waals surface area contributed by atoms with Crippen LogP contribution in [0, 0.1) is 5.82 Å². The molecule has 0 aromatic heterocycles. The van der Waals surface area contributed by atoms with Crippen LogP contribution in [0.1, 0.15) is 10.4 Å². The molecule has 1 aromatic carbocycles. The summed E-state index contributed by atoms with van der Waals surface area (Å²) >= 11 is 0. The van der Waals surface area contributed by atoms with Crippen molar-refractivity contribution in [3.8, 4) is 0 Å². The van der Waals surface area contributed by atoms with Gasteiger partial charge in [-0.1, -0.05) is 6.07 Å². The second kappa shape index (κ2) is 3.12. The van der Waals surface area contributed by atoms with Crippen molar-refractivity contribution >= 4 is 5.97 Å². The third-order valence-electron chi connectivity index (χ3n) is 1.14. The van der Waals surface area contributed by atoms with Crippen LogP contribution in [0.25, 0.3) is 0 Å². The van der Waals surface area contributed by atoms with Gasteiger partial charge in [0.2, 0.25) is 0 Å². The van der Waals surface area contributed by atoms with Crippen molar-refractivity contribution in [1.29, 1.82) is 0 Å². The molecule has 0 spiro atoms. The van der Waals surface area contributed by atoms with Gasteiger partial charge in [-0.2, -0.15) is 5.26 Å². The molecule has 0 saturated heterocycles. The minimum atomic E-state index is -0.968. The molecule has 0 heterocycles. The van der Waals surface area contributed by atoms with Crippen LogP contribution in [-0.4, -0.2) is 11.2 Å². The Bertz CT molecular complexity index is 272. The van der Waals surface area contributed by atoms with Gasteiger partial charge in [0.1, 0.15) is 5.82 Å². The van der Waals surface area contributed by atoms with Gasteiger partial charge in [-0.3, -0.25) is 4.89 Å². The van der Waals surface area contributed by atoms with Gasteiger partial charge in [0.05, 0.1) is 5.56 Å². The molecule has 0 amide bonds. The van der Waals surface area contributed by atoms with E-state index >= 15 is 0 Å². The third kappa shape index (κ3) is 1.75. The van der Waals surface area contributed by atoms with Gasteiger partial charge in [0, 0.05) is 0 Å². The van der Waals surface area contributed by atoms with E-state index in [9.17, 15) is 9.18 Å². The van der Waals surface area contributed by atoms with Crippen LogP contribution in [0.15, 0.2) is 24.3 Å². The third-order valence-corrected chi connectivity index (χ3v) is 1.14. The summed E-state index contributed by atoms with van der Waals surface area (Å²) in [5, 5.41) is 7.91. The molecular formula is C7H5FO3. The van der Waals surface area contributed by atoms with Crippen molar-refractivity contribution in [2.24, 2.45) is 0 Å². The second-order valence-corrected chi connectivity index (χ2v) is 1.89. The molecule has 1 rings (SSSR count). The first kappa shape index (κ1) is 7.68. The number of rotatable bonds is 1. The molecule has 11 heavy (non-hydrogen) atoms. The molecular weight excluding hydrogens is 151 g/mol. The van der Waals surface area contributed by atoms with Crippen LogP contribution in [0.5, 0.6) is 0 Å². The molecule has 58 valence electrons. The van der Waals surface area contributed by atoms with Crippen LogP contribution >= 0.6 is 0 Å². The lowest BCUT2D eigenvalue weighted by atomic mass is 10.2. The molecule has 0 aliphatic heterocycles. The van der Waals surface area contributed by atoms with Gasteiger partial charge in [0.25, 0.3) is 0 Å². The molecule has 1 aromatic rings. The molecule has 0 aliphatic carbocycles. The zero-order chi connectivity index (χ0) is 8.27. The summed E-state index contributed by atoms with van der Waals surface area (Å²) < 4.78 is 12.4. The van der Waals surface area contributed by atoms with Gasteiger partial charge in [-0.15, -0.1) is 0 Å². The van der Waals surface area contributed by atoms with Crippen LogP contribution in [-0.2, 0) is 4.89 Å². The summed E-state index contributed by atoms with van der Waals surface area (Å²) in [5.41, 5.74) is -0.0208. The Morgan fingerprint density at radius 2 is 2.27 bits per heavy atom. The predicted molar refractivity (Wildman–Crippen MR) is 34.4 cm³/mol. The van der Waals surface area contributed by atoms with Gasteiger partial charge in [-0.05, 0) is 18.2 Å². The highest BCUT2D eigenvalue weighted by atomic mass is 19.1. The number of hydrogen-bond acceptors (Lipinski definition) is 3. The van der Waals surface area contributed by atoms with E-state index in [1.807, 2.05) is 0 Å². The number of carbonyl (C=O) groups is 1. The molecule has 0 radical (unpaired) electrons. The zero-order valence-electron chi connectivity index (χ0n) is 5.45. The maximum Gasteiger partial charge on any atom is 0.372 e. The summed E-state index contributed by atoms with van der Waals surface area (Å²) in [6.07, 6.45) is 0. The average molecular weight is 156 g/mol. The van der Waals surface area contributed by atoms with Crippen molar-refractivity contribution in [1.82, 2.24) is 0 Å². The fourth-order valence-corrected chi connectivity index (χ4v) is 0.668. The quantitative estimate of drug-likeness (QED) is 0.494. The van der Waals surface area contributed by atoms with Crippen molar-refractivity contribution in [2.75, 3.05) is 0 Å². The highest BCUT2D eigenvalue weighted by Gasteiger charge is 2.05. The summed E-state index contributed by atoms with van der Waals surface area (Å²) in [4.78, 5) is 13.9. The fourth-order valence-electron chi connectivity index (χ4n) is 0.668. The summed E-state index contributed by atoms with van der Waals surface area (Å²) in [5.74, 6) is -1.52. The molecule has 0 saturated carbocycles. The van der Waals surface area contributed by atoms with E-state index < -0.39 is 11.8 Å². The number of benzene rings is 1. The maximum atomic E-state index is 12.4. The lowest BCUT2D eigenvalue weighted by Crippen LogP contribution is -2.01. The molecule has 3 nitrogen and oxygen atoms in total. The molecule has 0 fully saturated rings. The lowest BCUT2D eigenvalue weighted by molar-refractivity contribution is -0.182. The minimum absolute atomic E-state index is 0.0208. The summed E-state index contributed by atoms with van der Waals surface area (Å²) in [6.45, 7) is 0. The van der Waals surface area contributed by atoms with Gasteiger partial charge in [0.15, 0.2) is 0 Å². The molecule has 0 atom stereocenters. The monoisotopic (exact) mass is 156 g/mol. The van der Waals surface area contributed by atoms with E-state index in [4.69, 9.17) is 5.26 Å². The summed E-state index contributed by atoms with van der Waals surface area (Å²) in [6, 6.07) is 4.84. The Labute approximate surface area is 62.0 Å². The number of hydrogen-bond donors (Lipinski definition) is 1. The Morgan fingerprint density at radius 3 is 2.82 bits per heavy atom. The first-order valence-corrected chi connectivity index (χ1v) is 2.85. The van der Waals surface area contributed by atoms with Crippen molar-refractivity contribution < 1.29 is 19.3 Å². The van der Waals surface area contributed by atoms with Crippen molar-refractivity contribution in [2.45, 2.75) is 0 Å². The van der Waals surface area contributed by atoms with Crippen LogP contribution < -0.4 is 0 Å². The fraction of sp³-hybridized carbons (Fsp3) is 0. The predicted octanol–water partition coefficient (Wildman–Crippen LogP) is 1.46. The first-order chi connectivity index (χ1) is 5.24. The molecule has 1 N–H and O–H groups in total. The molecule has 0 aliphatic rings. The Balaban J connectivity index is 2.96. The van der Waals surface area contributed by atoms with E-state index in [2.05, 4.69) is 4.89 Å². The molecule has 0 unspecified atom stereocenters. The van der Waals surface area contributed by atoms with Gasteiger partial charge in [-0.25, -0.2) is 9.18 Å². The maximum absolute atomic E-state index is 12.4. The number of carbonyl (C=O) groups excluding carboxylic acids is 1. The van der Waals surface area contributed by atoms with Crippen molar-refractivity contribution in [3.63, 3.8) is 0 Å². The topological polar surface area (TPSA) is 46.5 Å². The highest BCUT2D eigenvalue weighted by molar-refractivity contribution is 5.88. The summed E-state index contributed by atoms with van der Waals surface area (Å²) in [7, 11) is 0. The van der Waals surface area contributed by atoms with E-state index in [0.29, 0.717) is 0 Å². The Hall–Kier alpha value is -1.42. The van der Waals surface area contributed by atoms with Gasteiger partial charge < -0.3 is 0 Å². The van der Waals surface area contributed by atoms with Crippen LogP contribution in [0.3, 0.4) is 0 Å². The minimum Gasteiger partial charge on any atom is -0.296 e. The van der Waals surface area contributed by atoms with E-state index in [0.717, 1.165) is 6.07 Å². The first-order valence-electron chi connectivity index (χ1n) is 2.85. The van der Waals surface area contributed by atoms with Crippen LogP contribution in [0.2, 0.25) is 0 Å². The average Bonchev–Trinajstić information content (AvgIpc) is 2.03. The highest BCUT2D eigenvalue weighted by Crippen LogP contribution is 2.03. The largest absolute Gasteiger partial charge is 0.372 e. The SMILES string of the molecule is O=C(OO)c1cccc(F)c1. The Morgan fingerprint density at radius 1 is 1.55 bits per heavy atom. The van der Waals surface area contributed by atoms with E-state index in [1.165, 1.54) is 18.2 Å². The standard InChI is InChI=1S/C7H5FO3/c8-6-3-1-2-5(4-6)7(9)11-10/h1-4,10H.